The van der Waals surface area contributed by atoms with Gasteiger partial charge in [-0.15, -0.1) is 0 Å². The van der Waals surface area contributed by atoms with Crippen molar-refractivity contribution in [2.24, 2.45) is 0 Å². The Morgan fingerprint density at radius 1 is 1.47 bits per heavy atom. The van der Waals surface area contributed by atoms with Crippen LogP contribution in [0.3, 0.4) is 0 Å². The fourth-order valence-corrected chi connectivity index (χ4v) is 2.25. The van der Waals surface area contributed by atoms with E-state index in [1.165, 1.54) is 5.52 Å². The summed E-state index contributed by atoms with van der Waals surface area (Å²) >= 11 is 3.46. The van der Waals surface area contributed by atoms with Gasteiger partial charge in [0.05, 0.1) is 6.10 Å². The lowest BCUT2D eigenvalue weighted by Gasteiger charge is -2.01. The summed E-state index contributed by atoms with van der Waals surface area (Å²) in [7, 11) is 0. The van der Waals surface area contributed by atoms with Crippen LogP contribution in [0.25, 0.3) is 10.9 Å². The zero-order chi connectivity index (χ0) is 11.0. The van der Waals surface area contributed by atoms with Gasteiger partial charge in [0.25, 0.3) is 0 Å². The molecule has 0 fully saturated rings. The molecule has 1 aromatic carbocycles. The van der Waals surface area contributed by atoms with Gasteiger partial charge in [0.15, 0.2) is 0 Å². The van der Waals surface area contributed by atoms with Crippen molar-refractivity contribution in [1.82, 2.24) is 4.57 Å². The topological polar surface area (TPSA) is 25.2 Å². The summed E-state index contributed by atoms with van der Waals surface area (Å²) in [5.74, 6) is 0. The van der Waals surface area contributed by atoms with Crippen LogP contribution in [-0.4, -0.2) is 9.67 Å². The Bertz CT molecular complexity index is 488. The standard InChI is InChI=1S/C12H14BrNO/c1-3-14-7-11(8(2)15)10-6-9(13)4-5-12(10)14/h4-8,15H,3H2,1-2H3. The van der Waals surface area contributed by atoms with Gasteiger partial charge in [-0.25, -0.2) is 0 Å². The van der Waals surface area contributed by atoms with Crippen LogP contribution >= 0.6 is 15.9 Å². The van der Waals surface area contributed by atoms with Crippen molar-refractivity contribution in [2.75, 3.05) is 0 Å². The van der Waals surface area contributed by atoms with Gasteiger partial charge in [0.2, 0.25) is 0 Å². The quantitative estimate of drug-likeness (QED) is 0.886. The normalized spacial score (nSPS) is 13.3. The zero-order valence-electron chi connectivity index (χ0n) is 8.87. The van der Waals surface area contributed by atoms with Gasteiger partial charge in [0, 0.05) is 33.7 Å². The number of rotatable bonds is 2. The third-order valence-electron chi connectivity index (χ3n) is 2.66. The van der Waals surface area contributed by atoms with Gasteiger partial charge in [0.1, 0.15) is 0 Å². The van der Waals surface area contributed by atoms with Crippen molar-refractivity contribution in [3.8, 4) is 0 Å². The number of nitrogens with zero attached hydrogens (tertiary/aromatic N) is 1. The molecular formula is C12H14BrNO. The molecule has 15 heavy (non-hydrogen) atoms. The van der Waals surface area contributed by atoms with Gasteiger partial charge in [-0.2, -0.15) is 0 Å². The number of aromatic nitrogens is 1. The molecule has 1 atom stereocenters. The van der Waals surface area contributed by atoms with Crippen LogP contribution in [0, 0.1) is 0 Å². The summed E-state index contributed by atoms with van der Waals surface area (Å²) in [5, 5.41) is 10.8. The Hall–Kier alpha value is -0.800. The molecule has 1 heterocycles. The van der Waals surface area contributed by atoms with Crippen molar-refractivity contribution in [2.45, 2.75) is 26.5 Å². The van der Waals surface area contributed by atoms with Crippen molar-refractivity contribution in [1.29, 1.82) is 0 Å². The molecule has 80 valence electrons. The number of benzene rings is 1. The van der Waals surface area contributed by atoms with Crippen LogP contribution in [-0.2, 0) is 6.54 Å². The van der Waals surface area contributed by atoms with Crippen molar-refractivity contribution in [3.05, 3.63) is 34.4 Å². The van der Waals surface area contributed by atoms with E-state index in [4.69, 9.17) is 0 Å². The minimum Gasteiger partial charge on any atom is -0.389 e. The fourth-order valence-electron chi connectivity index (χ4n) is 1.89. The smallest absolute Gasteiger partial charge is 0.0782 e. The number of fused-ring (bicyclic) bond motifs is 1. The molecule has 2 rings (SSSR count). The first-order valence-electron chi connectivity index (χ1n) is 5.10. The second-order valence-corrected chi connectivity index (χ2v) is 4.62. The molecule has 0 radical (unpaired) electrons. The molecule has 3 heteroatoms. The highest BCUT2D eigenvalue weighted by Crippen LogP contribution is 2.28. The van der Waals surface area contributed by atoms with E-state index in [0.717, 1.165) is 22.0 Å². The Kier molecular flexibility index (Phi) is 2.85. The fraction of sp³-hybridized carbons (Fsp3) is 0.333. The van der Waals surface area contributed by atoms with Crippen molar-refractivity contribution >= 4 is 26.8 Å². The average Bonchev–Trinajstić information content (AvgIpc) is 2.55. The maximum Gasteiger partial charge on any atom is 0.0782 e. The molecule has 0 amide bonds. The van der Waals surface area contributed by atoms with Crippen LogP contribution < -0.4 is 0 Å². The Morgan fingerprint density at radius 2 is 2.20 bits per heavy atom. The highest BCUT2D eigenvalue weighted by molar-refractivity contribution is 9.10. The van der Waals surface area contributed by atoms with E-state index < -0.39 is 6.10 Å². The minimum atomic E-state index is -0.422. The lowest BCUT2D eigenvalue weighted by atomic mass is 10.1. The third kappa shape index (κ3) is 1.82. The first-order valence-corrected chi connectivity index (χ1v) is 5.89. The van der Waals surface area contributed by atoms with E-state index in [1.807, 2.05) is 12.3 Å². The summed E-state index contributed by atoms with van der Waals surface area (Å²) in [6, 6.07) is 6.17. The molecule has 0 aliphatic heterocycles. The van der Waals surface area contributed by atoms with E-state index in [1.54, 1.807) is 6.92 Å². The van der Waals surface area contributed by atoms with E-state index >= 15 is 0 Å². The lowest BCUT2D eigenvalue weighted by Crippen LogP contribution is -1.91. The Morgan fingerprint density at radius 3 is 2.80 bits per heavy atom. The summed E-state index contributed by atoms with van der Waals surface area (Å²) in [6.45, 7) is 4.83. The van der Waals surface area contributed by atoms with Crippen LogP contribution in [0.4, 0.5) is 0 Å². The second kappa shape index (κ2) is 3.99. The predicted octanol–water partition coefficient (Wildman–Crippen LogP) is 3.48. The summed E-state index contributed by atoms with van der Waals surface area (Å²) in [4.78, 5) is 0. The molecule has 1 aromatic heterocycles. The largest absolute Gasteiger partial charge is 0.389 e. The van der Waals surface area contributed by atoms with Crippen LogP contribution in [0.1, 0.15) is 25.5 Å². The van der Waals surface area contributed by atoms with Gasteiger partial charge < -0.3 is 9.67 Å². The van der Waals surface area contributed by atoms with E-state index in [-0.39, 0.29) is 0 Å². The van der Waals surface area contributed by atoms with Gasteiger partial charge in [-0.05, 0) is 32.0 Å². The number of hydrogen-bond acceptors (Lipinski definition) is 1. The first-order chi connectivity index (χ1) is 7.13. The number of aryl methyl sites for hydroxylation is 1. The van der Waals surface area contributed by atoms with Crippen LogP contribution in [0.2, 0.25) is 0 Å². The molecule has 1 N–H and O–H groups in total. The average molecular weight is 268 g/mol. The van der Waals surface area contributed by atoms with Crippen molar-refractivity contribution in [3.63, 3.8) is 0 Å². The monoisotopic (exact) mass is 267 g/mol. The molecular weight excluding hydrogens is 254 g/mol. The number of aliphatic hydroxyl groups is 1. The number of halogens is 1. The summed E-state index contributed by atoms with van der Waals surface area (Å²) < 4.78 is 3.20. The van der Waals surface area contributed by atoms with Gasteiger partial charge in [-0.3, -0.25) is 0 Å². The Labute approximate surface area is 97.7 Å². The van der Waals surface area contributed by atoms with Crippen LogP contribution in [0.15, 0.2) is 28.9 Å². The molecule has 2 aromatic rings. The van der Waals surface area contributed by atoms with Crippen LogP contribution in [0.5, 0.6) is 0 Å². The molecule has 0 bridgehead atoms. The lowest BCUT2D eigenvalue weighted by molar-refractivity contribution is 0.200. The first kappa shape index (κ1) is 10.7. The summed E-state index contributed by atoms with van der Waals surface area (Å²) in [5.41, 5.74) is 2.17. The van der Waals surface area contributed by atoms with Gasteiger partial charge >= 0.3 is 0 Å². The molecule has 0 aliphatic rings. The molecule has 0 aliphatic carbocycles. The maximum absolute atomic E-state index is 9.69. The molecule has 0 saturated carbocycles. The van der Waals surface area contributed by atoms with Crippen molar-refractivity contribution < 1.29 is 5.11 Å². The van der Waals surface area contributed by atoms with E-state index in [9.17, 15) is 5.11 Å². The molecule has 1 unspecified atom stereocenters. The molecule has 0 spiro atoms. The zero-order valence-corrected chi connectivity index (χ0v) is 10.5. The molecule has 0 saturated heterocycles. The third-order valence-corrected chi connectivity index (χ3v) is 3.16. The second-order valence-electron chi connectivity index (χ2n) is 3.71. The van der Waals surface area contributed by atoms with E-state index in [2.05, 4.69) is 39.6 Å². The minimum absolute atomic E-state index is 0.422. The number of hydrogen-bond donors (Lipinski definition) is 1. The van der Waals surface area contributed by atoms with Gasteiger partial charge in [-0.1, -0.05) is 15.9 Å². The molecule has 2 nitrogen and oxygen atoms in total. The highest BCUT2D eigenvalue weighted by Gasteiger charge is 2.11. The maximum atomic E-state index is 9.69. The SMILES string of the molecule is CCn1cc(C(C)O)c2cc(Br)ccc21. The highest BCUT2D eigenvalue weighted by atomic mass is 79.9. The Balaban J connectivity index is 2.76. The number of aliphatic hydroxyl groups excluding tert-OH is 1. The predicted molar refractivity (Wildman–Crippen MR) is 65.9 cm³/mol. The summed E-state index contributed by atoms with van der Waals surface area (Å²) in [6.07, 6.45) is 1.61. The van der Waals surface area contributed by atoms with E-state index in [0.29, 0.717) is 0 Å².